The zero-order valence-corrected chi connectivity index (χ0v) is 16.9. The van der Waals surface area contributed by atoms with Crippen LogP contribution >= 0.6 is 0 Å². The fourth-order valence-electron chi connectivity index (χ4n) is 4.32. The number of nitrogens with zero attached hydrogens (tertiary/aromatic N) is 5. The van der Waals surface area contributed by atoms with Crippen LogP contribution in [-0.2, 0) is 4.74 Å². The van der Waals surface area contributed by atoms with E-state index in [2.05, 4.69) is 32.2 Å². The van der Waals surface area contributed by atoms with Crippen molar-refractivity contribution in [2.75, 3.05) is 26.1 Å². The van der Waals surface area contributed by atoms with E-state index in [0.717, 1.165) is 47.6 Å². The third kappa shape index (κ3) is 2.81. The summed E-state index contributed by atoms with van der Waals surface area (Å²) in [6.07, 6.45) is 7.51. The highest BCUT2D eigenvalue weighted by atomic mass is 16.5. The number of pyridine rings is 1. The SMILES string of the molecule is CNc1cc(-c2cn([C@H]3C[C@@H](COC)C3)c3ncccc23)nc2c(C(N)=O)cnn12. The predicted molar refractivity (Wildman–Crippen MR) is 113 cm³/mol. The molecule has 3 N–H and O–H groups in total. The Balaban J connectivity index is 1.66. The molecule has 30 heavy (non-hydrogen) atoms. The molecule has 0 atom stereocenters. The summed E-state index contributed by atoms with van der Waals surface area (Å²) < 4.78 is 9.12. The van der Waals surface area contributed by atoms with Crippen LogP contribution in [0.2, 0.25) is 0 Å². The normalized spacial score (nSPS) is 18.6. The number of nitrogens with two attached hydrogens (primary N) is 1. The van der Waals surface area contributed by atoms with E-state index in [-0.39, 0.29) is 5.56 Å². The lowest BCUT2D eigenvalue weighted by Gasteiger charge is -2.36. The van der Waals surface area contributed by atoms with Crippen LogP contribution in [0.3, 0.4) is 0 Å². The van der Waals surface area contributed by atoms with Crippen LogP contribution in [0.5, 0.6) is 0 Å². The van der Waals surface area contributed by atoms with Crippen LogP contribution in [-0.4, -0.2) is 50.8 Å². The number of carbonyl (C=O) groups is 1. The molecule has 1 saturated carbocycles. The first-order valence-corrected chi connectivity index (χ1v) is 9.92. The van der Waals surface area contributed by atoms with Crippen LogP contribution in [0.4, 0.5) is 5.82 Å². The maximum absolute atomic E-state index is 11.8. The number of hydrogen-bond donors (Lipinski definition) is 2. The van der Waals surface area contributed by atoms with E-state index < -0.39 is 5.91 Å². The summed E-state index contributed by atoms with van der Waals surface area (Å²) in [5.74, 6) is 0.746. The van der Waals surface area contributed by atoms with Crippen LogP contribution in [0.1, 0.15) is 29.2 Å². The second-order valence-corrected chi connectivity index (χ2v) is 7.71. The molecule has 1 amide bonds. The molecule has 1 fully saturated rings. The molecule has 154 valence electrons. The Bertz CT molecular complexity index is 1250. The minimum absolute atomic E-state index is 0.289. The van der Waals surface area contributed by atoms with Crippen molar-refractivity contribution in [3.63, 3.8) is 0 Å². The summed E-state index contributed by atoms with van der Waals surface area (Å²) in [5, 5.41) is 8.40. The third-order valence-electron chi connectivity index (χ3n) is 5.87. The van der Waals surface area contributed by atoms with Crippen LogP contribution < -0.4 is 11.1 Å². The number of primary amides is 1. The highest BCUT2D eigenvalue weighted by Gasteiger charge is 2.32. The molecule has 5 rings (SSSR count). The topological polar surface area (TPSA) is 112 Å². The lowest BCUT2D eigenvalue weighted by atomic mass is 9.80. The fourth-order valence-corrected chi connectivity index (χ4v) is 4.32. The number of hydrogen-bond acceptors (Lipinski definition) is 6. The lowest BCUT2D eigenvalue weighted by Crippen LogP contribution is -2.29. The molecule has 1 aliphatic carbocycles. The van der Waals surface area contributed by atoms with Gasteiger partial charge in [-0.05, 0) is 30.9 Å². The second-order valence-electron chi connectivity index (χ2n) is 7.71. The first kappa shape index (κ1) is 18.6. The van der Waals surface area contributed by atoms with Gasteiger partial charge in [-0.25, -0.2) is 9.97 Å². The molecular weight excluding hydrogens is 382 g/mol. The summed E-state index contributed by atoms with van der Waals surface area (Å²) in [6.45, 7) is 0.789. The number of rotatable bonds is 6. The largest absolute Gasteiger partial charge is 0.384 e. The number of nitrogens with one attached hydrogen (secondary N) is 1. The molecule has 4 aromatic heterocycles. The average molecular weight is 405 g/mol. The molecule has 0 spiro atoms. The summed E-state index contributed by atoms with van der Waals surface area (Å²) in [5.41, 5.74) is 8.87. The van der Waals surface area contributed by atoms with E-state index in [1.807, 2.05) is 18.3 Å². The number of methoxy groups -OCH3 is 1. The van der Waals surface area contributed by atoms with E-state index in [4.69, 9.17) is 15.5 Å². The zero-order valence-electron chi connectivity index (χ0n) is 16.9. The Labute approximate surface area is 172 Å². The third-order valence-corrected chi connectivity index (χ3v) is 5.87. The Morgan fingerprint density at radius 2 is 2.20 bits per heavy atom. The smallest absolute Gasteiger partial charge is 0.254 e. The van der Waals surface area contributed by atoms with E-state index in [9.17, 15) is 4.79 Å². The minimum atomic E-state index is -0.556. The molecule has 4 heterocycles. The maximum atomic E-state index is 11.8. The monoisotopic (exact) mass is 405 g/mol. The first-order chi connectivity index (χ1) is 14.6. The first-order valence-electron chi connectivity index (χ1n) is 9.92. The van der Waals surface area contributed by atoms with Gasteiger partial charge in [0.05, 0.1) is 11.9 Å². The average Bonchev–Trinajstić information content (AvgIpc) is 3.31. The van der Waals surface area contributed by atoms with Gasteiger partial charge in [-0.15, -0.1) is 0 Å². The molecular formula is C21H23N7O2. The molecule has 0 bridgehead atoms. The molecule has 1 aliphatic rings. The maximum Gasteiger partial charge on any atom is 0.254 e. The lowest BCUT2D eigenvalue weighted by molar-refractivity contribution is 0.0791. The molecule has 0 unspecified atom stereocenters. The van der Waals surface area contributed by atoms with Crippen LogP contribution in [0.15, 0.2) is 36.8 Å². The highest BCUT2D eigenvalue weighted by Crippen LogP contribution is 2.42. The second kappa shape index (κ2) is 7.10. The van der Waals surface area contributed by atoms with Crippen molar-refractivity contribution in [1.29, 1.82) is 0 Å². The van der Waals surface area contributed by atoms with Gasteiger partial charge < -0.3 is 20.4 Å². The summed E-state index contributed by atoms with van der Waals surface area (Å²) in [6, 6.07) is 6.29. The van der Waals surface area contributed by atoms with Gasteiger partial charge in [0.2, 0.25) is 0 Å². The predicted octanol–water partition coefficient (Wildman–Crippen LogP) is 2.48. The van der Waals surface area contributed by atoms with E-state index in [1.54, 1.807) is 18.7 Å². The number of fused-ring (bicyclic) bond motifs is 2. The van der Waals surface area contributed by atoms with Crippen molar-refractivity contribution in [1.82, 2.24) is 24.1 Å². The van der Waals surface area contributed by atoms with E-state index >= 15 is 0 Å². The summed E-state index contributed by atoms with van der Waals surface area (Å²) in [7, 11) is 3.55. The number of aromatic nitrogens is 5. The van der Waals surface area contributed by atoms with Gasteiger partial charge in [-0.3, -0.25) is 4.79 Å². The standard InChI is InChI=1S/C21H23N7O2/c1-23-18-8-17(26-21-15(19(22)29)9-25-28(18)21)16-10-27(13-6-12(7-13)11-30-2)20-14(16)4-3-5-24-20/h3-5,8-10,12-13,23H,6-7,11H2,1-2H3,(H2,22,29)/t12-,13+. The molecule has 0 aromatic carbocycles. The van der Waals surface area contributed by atoms with Crippen molar-refractivity contribution >= 4 is 28.4 Å². The van der Waals surface area contributed by atoms with Gasteiger partial charge in [0.15, 0.2) is 5.65 Å². The van der Waals surface area contributed by atoms with Crippen molar-refractivity contribution in [2.24, 2.45) is 11.7 Å². The van der Waals surface area contributed by atoms with E-state index in [0.29, 0.717) is 17.6 Å². The number of amides is 1. The molecule has 0 aliphatic heterocycles. The number of anilines is 1. The van der Waals surface area contributed by atoms with Crippen molar-refractivity contribution in [2.45, 2.75) is 18.9 Å². The summed E-state index contributed by atoms with van der Waals surface area (Å²) >= 11 is 0. The van der Waals surface area contributed by atoms with Crippen LogP contribution in [0, 0.1) is 5.92 Å². The van der Waals surface area contributed by atoms with Gasteiger partial charge in [0, 0.05) is 56.2 Å². The van der Waals surface area contributed by atoms with Gasteiger partial charge >= 0.3 is 0 Å². The molecule has 9 heteroatoms. The number of ether oxygens (including phenoxy) is 1. The van der Waals surface area contributed by atoms with E-state index in [1.165, 1.54) is 6.20 Å². The zero-order chi connectivity index (χ0) is 20.8. The molecule has 0 saturated heterocycles. The molecule has 4 aromatic rings. The van der Waals surface area contributed by atoms with Crippen molar-refractivity contribution in [3.8, 4) is 11.3 Å². The quantitative estimate of drug-likeness (QED) is 0.510. The molecule has 0 radical (unpaired) electrons. The Kier molecular flexibility index (Phi) is 4.39. The summed E-state index contributed by atoms with van der Waals surface area (Å²) in [4.78, 5) is 21.2. The minimum Gasteiger partial charge on any atom is -0.384 e. The number of carbonyl (C=O) groups excluding carboxylic acids is 1. The van der Waals surface area contributed by atoms with Crippen molar-refractivity contribution in [3.05, 3.63) is 42.4 Å². The Morgan fingerprint density at radius 3 is 2.93 bits per heavy atom. The fraction of sp³-hybridized carbons (Fsp3) is 0.333. The highest BCUT2D eigenvalue weighted by molar-refractivity contribution is 6.00. The molecule has 9 nitrogen and oxygen atoms in total. The Morgan fingerprint density at radius 1 is 1.37 bits per heavy atom. The van der Waals surface area contributed by atoms with Crippen molar-refractivity contribution < 1.29 is 9.53 Å². The van der Waals surface area contributed by atoms with Gasteiger partial charge in [-0.1, -0.05) is 0 Å². The van der Waals surface area contributed by atoms with Gasteiger partial charge in [0.25, 0.3) is 5.91 Å². The van der Waals surface area contributed by atoms with Gasteiger partial charge in [0.1, 0.15) is 17.0 Å². The van der Waals surface area contributed by atoms with Gasteiger partial charge in [-0.2, -0.15) is 9.61 Å². The Hall–Kier alpha value is -3.46. The van der Waals surface area contributed by atoms with Crippen LogP contribution in [0.25, 0.3) is 27.9 Å².